The van der Waals surface area contributed by atoms with Crippen molar-refractivity contribution in [1.29, 1.82) is 0 Å². The van der Waals surface area contributed by atoms with Gasteiger partial charge >= 0.3 is 0 Å². The summed E-state index contributed by atoms with van der Waals surface area (Å²) in [5.41, 5.74) is 7.44. The fourth-order valence-electron chi connectivity index (χ4n) is 2.07. The second-order valence-electron chi connectivity index (χ2n) is 4.47. The molecule has 19 heavy (non-hydrogen) atoms. The summed E-state index contributed by atoms with van der Waals surface area (Å²) in [6, 6.07) is 15.5. The fourth-order valence-corrected chi connectivity index (χ4v) is 2.07. The van der Waals surface area contributed by atoms with Gasteiger partial charge < -0.3 is 5.73 Å². The zero-order chi connectivity index (χ0) is 13.7. The molecule has 0 aromatic heterocycles. The van der Waals surface area contributed by atoms with Crippen LogP contribution in [-0.4, -0.2) is 12.3 Å². The van der Waals surface area contributed by atoms with Gasteiger partial charge in [-0.2, -0.15) is 0 Å². The van der Waals surface area contributed by atoms with Crippen LogP contribution in [0.25, 0.3) is 0 Å². The molecule has 0 saturated carbocycles. The summed E-state index contributed by atoms with van der Waals surface area (Å²) in [5, 5.41) is 0. The minimum atomic E-state index is -0.300. The highest BCUT2D eigenvalue weighted by molar-refractivity contribution is 5.87. The predicted molar refractivity (Wildman–Crippen MR) is 73.3 cm³/mol. The number of benzene rings is 2. The smallest absolute Gasteiger partial charge is 0.145 e. The van der Waals surface area contributed by atoms with Crippen LogP contribution in [0.3, 0.4) is 0 Å². The van der Waals surface area contributed by atoms with E-state index in [2.05, 4.69) is 0 Å². The number of carbonyl (C=O) groups is 1. The largest absolute Gasteiger partial charge is 0.329 e. The zero-order valence-electron chi connectivity index (χ0n) is 10.6. The van der Waals surface area contributed by atoms with E-state index in [-0.39, 0.29) is 30.5 Å². The van der Waals surface area contributed by atoms with Gasteiger partial charge in [-0.3, -0.25) is 4.79 Å². The third-order valence-electron chi connectivity index (χ3n) is 3.12. The van der Waals surface area contributed by atoms with Gasteiger partial charge in [-0.1, -0.05) is 42.5 Å². The molecule has 0 aliphatic carbocycles. The van der Waals surface area contributed by atoms with E-state index in [0.29, 0.717) is 0 Å². The van der Waals surface area contributed by atoms with Crippen molar-refractivity contribution in [3.8, 4) is 0 Å². The summed E-state index contributed by atoms with van der Waals surface area (Å²) in [6.07, 6.45) is 0.275. The molecule has 1 unspecified atom stereocenters. The normalized spacial score (nSPS) is 12.1. The number of halogens is 1. The molecule has 0 fully saturated rings. The monoisotopic (exact) mass is 257 g/mol. The first-order valence-electron chi connectivity index (χ1n) is 6.23. The molecule has 0 amide bonds. The minimum Gasteiger partial charge on any atom is -0.329 e. The van der Waals surface area contributed by atoms with Crippen LogP contribution < -0.4 is 5.73 Å². The van der Waals surface area contributed by atoms with Crippen LogP contribution in [0, 0.1) is 5.82 Å². The first-order chi connectivity index (χ1) is 9.20. The van der Waals surface area contributed by atoms with E-state index in [1.807, 2.05) is 30.3 Å². The van der Waals surface area contributed by atoms with Crippen LogP contribution in [0.1, 0.15) is 17.0 Å². The van der Waals surface area contributed by atoms with Crippen molar-refractivity contribution < 1.29 is 9.18 Å². The lowest BCUT2D eigenvalue weighted by atomic mass is 9.91. The number of carbonyl (C=O) groups excluding carboxylic acids is 1. The molecule has 1 atom stereocenters. The van der Waals surface area contributed by atoms with Crippen molar-refractivity contribution in [2.24, 2.45) is 5.73 Å². The standard InChI is InChI=1S/C16H16FNO/c17-14-8-6-12(7-9-14)10-16(19)15(11-18)13-4-2-1-3-5-13/h1-9,15H,10-11,18H2. The molecule has 98 valence electrons. The summed E-state index contributed by atoms with van der Waals surface area (Å²) in [6.45, 7) is 0.282. The van der Waals surface area contributed by atoms with Gasteiger partial charge in [0.05, 0.1) is 5.92 Å². The first-order valence-corrected chi connectivity index (χ1v) is 6.23. The molecule has 0 heterocycles. The molecule has 0 aliphatic rings. The number of hydrogen-bond acceptors (Lipinski definition) is 2. The average Bonchev–Trinajstić information content (AvgIpc) is 2.43. The molecule has 0 spiro atoms. The van der Waals surface area contributed by atoms with Crippen LogP contribution >= 0.6 is 0 Å². The molecule has 2 rings (SSSR count). The Labute approximate surface area is 112 Å². The first kappa shape index (κ1) is 13.4. The SMILES string of the molecule is NCC(C(=O)Cc1ccc(F)cc1)c1ccccc1. The molecule has 0 saturated heterocycles. The lowest BCUT2D eigenvalue weighted by molar-refractivity contribution is -0.119. The van der Waals surface area contributed by atoms with E-state index in [9.17, 15) is 9.18 Å². The van der Waals surface area contributed by atoms with Gasteiger partial charge in [0.2, 0.25) is 0 Å². The minimum absolute atomic E-state index is 0.0558. The van der Waals surface area contributed by atoms with Gasteiger partial charge in [0.25, 0.3) is 0 Å². The van der Waals surface area contributed by atoms with Crippen molar-refractivity contribution in [1.82, 2.24) is 0 Å². The maximum Gasteiger partial charge on any atom is 0.145 e. The van der Waals surface area contributed by atoms with Gasteiger partial charge in [-0.25, -0.2) is 4.39 Å². The summed E-state index contributed by atoms with van der Waals surface area (Å²) in [7, 11) is 0. The fraction of sp³-hybridized carbons (Fsp3) is 0.188. The maximum absolute atomic E-state index is 12.8. The molecule has 2 nitrogen and oxygen atoms in total. The summed E-state index contributed by atoms with van der Waals surface area (Å²) < 4.78 is 12.8. The quantitative estimate of drug-likeness (QED) is 0.895. The Hall–Kier alpha value is -2.00. The molecule has 0 radical (unpaired) electrons. The van der Waals surface area contributed by atoms with Gasteiger partial charge in [0.15, 0.2) is 0 Å². The van der Waals surface area contributed by atoms with Crippen molar-refractivity contribution in [2.45, 2.75) is 12.3 Å². The molecule has 2 aromatic rings. The highest BCUT2D eigenvalue weighted by atomic mass is 19.1. The van der Waals surface area contributed by atoms with E-state index in [1.165, 1.54) is 12.1 Å². The number of hydrogen-bond donors (Lipinski definition) is 1. The van der Waals surface area contributed by atoms with Crippen molar-refractivity contribution in [2.75, 3.05) is 6.54 Å². The predicted octanol–water partition coefficient (Wildman–Crippen LogP) is 2.68. The van der Waals surface area contributed by atoms with Crippen LogP contribution in [0.5, 0.6) is 0 Å². The topological polar surface area (TPSA) is 43.1 Å². The van der Waals surface area contributed by atoms with E-state index < -0.39 is 0 Å². The molecular weight excluding hydrogens is 241 g/mol. The third kappa shape index (κ3) is 3.48. The second kappa shape index (κ2) is 6.25. The van der Waals surface area contributed by atoms with Crippen molar-refractivity contribution >= 4 is 5.78 Å². The maximum atomic E-state index is 12.8. The number of nitrogens with two attached hydrogens (primary N) is 1. The molecule has 2 aromatic carbocycles. The molecular formula is C16H16FNO. The Morgan fingerprint density at radius 1 is 1.05 bits per heavy atom. The highest BCUT2D eigenvalue weighted by Crippen LogP contribution is 2.17. The Balaban J connectivity index is 2.11. The van der Waals surface area contributed by atoms with E-state index >= 15 is 0 Å². The molecule has 2 N–H and O–H groups in total. The Kier molecular flexibility index (Phi) is 4.42. The van der Waals surface area contributed by atoms with Gasteiger partial charge in [0, 0.05) is 13.0 Å². The Morgan fingerprint density at radius 2 is 1.68 bits per heavy atom. The summed E-state index contributed by atoms with van der Waals surface area (Å²) in [5.74, 6) is -0.541. The average molecular weight is 257 g/mol. The van der Waals surface area contributed by atoms with Gasteiger partial charge in [0.1, 0.15) is 11.6 Å². The van der Waals surface area contributed by atoms with Crippen LogP contribution in [0.2, 0.25) is 0 Å². The zero-order valence-corrected chi connectivity index (χ0v) is 10.6. The lowest BCUT2D eigenvalue weighted by Crippen LogP contribution is -2.23. The number of Topliss-reactive ketones (excluding diaryl/α,β-unsaturated/α-hetero) is 1. The van der Waals surface area contributed by atoms with E-state index in [1.54, 1.807) is 12.1 Å². The van der Waals surface area contributed by atoms with Crippen LogP contribution in [-0.2, 0) is 11.2 Å². The number of rotatable bonds is 5. The van der Waals surface area contributed by atoms with Crippen molar-refractivity contribution in [3.05, 3.63) is 71.5 Å². The Bertz CT molecular complexity index is 536. The van der Waals surface area contributed by atoms with Gasteiger partial charge in [-0.05, 0) is 23.3 Å². The van der Waals surface area contributed by atoms with Gasteiger partial charge in [-0.15, -0.1) is 0 Å². The van der Waals surface area contributed by atoms with Crippen LogP contribution in [0.15, 0.2) is 54.6 Å². The van der Waals surface area contributed by atoms with Crippen molar-refractivity contribution in [3.63, 3.8) is 0 Å². The summed E-state index contributed by atoms with van der Waals surface area (Å²) >= 11 is 0. The number of ketones is 1. The van der Waals surface area contributed by atoms with Crippen LogP contribution in [0.4, 0.5) is 4.39 Å². The second-order valence-corrected chi connectivity index (χ2v) is 4.47. The third-order valence-corrected chi connectivity index (χ3v) is 3.12. The molecule has 0 bridgehead atoms. The summed E-state index contributed by atoms with van der Waals surface area (Å²) in [4.78, 5) is 12.3. The highest BCUT2D eigenvalue weighted by Gasteiger charge is 2.18. The Morgan fingerprint density at radius 3 is 2.26 bits per heavy atom. The van der Waals surface area contributed by atoms with E-state index in [4.69, 9.17) is 5.73 Å². The molecule has 0 aliphatic heterocycles. The van der Waals surface area contributed by atoms with E-state index in [0.717, 1.165) is 11.1 Å². The lowest BCUT2D eigenvalue weighted by Gasteiger charge is -2.14. The molecule has 3 heteroatoms.